The quantitative estimate of drug-likeness (QED) is 0.796. The van der Waals surface area contributed by atoms with Gasteiger partial charge in [-0.2, -0.15) is 13.2 Å². The van der Waals surface area contributed by atoms with E-state index in [1.165, 1.54) is 12.1 Å². The highest BCUT2D eigenvalue weighted by Gasteiger charge is 2.28. The molecule has 1 N–H and O–H groups in total. The molecule has 0 aromatic heterocycles. The summed E-state index contributed by atoms with van der Waals surface area (Å²) in [6.07, 6.45) is -7.39. The Morgan fingerprint density at radius 3 is 2.50 bits per heavy atom. The van der Waals surface area contributed by atoms with Crippen molar-refractivity contribution >= 4 is 0 Å². The minimum Gasteiger partial charge on any atom is -0.388 e. The van der Waals surface area contributed by atoms with Crippen LogP contribution in [0.3, 0.4) is 0 Å². The molecule has 0 bridgehead atoms. The summed E-state index contributed by atoms with van der Waals surface area (Å²) in [7, 11) is 0. The lowest BCUT2D eigenvalue weighted by Crippen LogP contribution is -2.11. The molecule has 0 amide bonds. The lowest BCUT2D eigenvalue weighted by Gasteiger charge is -2.13. The molecule has 0 aliphatic carbocycles. The minimum absolute atomic E-state index is 0.0794. The van der Waals surface area contributed by atoms with Gasteiger partial charge < -0.3 is 5.11 Å². The van der Waals surface area contributed by atoms with Gasteiger partial charge >= 0.3 is 6.18 Å². The van der Waals surface area contributed by atoms with Crippen molar-refractivity contribution in [1.29, 1.82) is 0 Å². The SMILES string of the molecule is Cc1ccc(F)c(C(O)CCC(F)(F)F)c1. The van der Waals surface area contributed by atoms with Crippen molar-refractivity contribution < 1.29 is 22.7 Å². The van der Waals surface area contributed by atoms with Gasteiger partial charge in [-0.05, 0) is 19.4 Å². The van der Waals surface area contributed by atoms with Gasteiger partial charge in [0.15, 0.2) is 0 Å². The summed E-state index contributed by atoms with van der Waals surface area (Å²) in [5.74, 6) is -0.680. The van der Waals surface area contributed by atoms with Gasteiger partial charge in [0.2, 0.25) is 0 Å². The molecule has 1 nitrogen and oxygen atoms in total. The minimum atomic E-state index is -4.33. The van der Waals surface area contributed by atoms with E-state index in [1.54, 1.807) is 6.92 Å². The van der Waals surface area contributed by atoms with Gasteiger partial charge in [0, 0.05) is 12.0 Å². The van der Waals surface area contributed by atoms with E-state index in [0.29, 0.717) is 5.56 Å². The first kappa shape index (κ1) is 13.0. The second-order valence-corrected chi connectivity index (χ2v) is 3.69. The van der Waals surface area contributed by atoms with Gasteiger partial charge in [-0.3, -0.25) is 0 Å². The Kier molecular flexibility index (Phi) is 3.91. The first-order valence-corrected chi connectivity index (χ1v) is 4.80. The number of aryl methyl sites for hydroxylation is 1. The van der Waals surface area contributed by atoms with Gasteiger partial charge in [-0.1, -0.05) is 17.7 Å². The standard InChI is InChI=1S/C11H12F4O/c1-7-2-3-9(12)8(6-7)10(16)4-5-11(13,14)15/h2-3,6,10,16H,4-5H2,1H3. The molecule has 0 heterocycles. The lowest BCUT2D eigenvalue weighted by molar-refractivity contribution is -0.140. The Morgan fingerprint density at radius 1 is 1.31 bits per heavy atom. The van der Waals surface area contributed by atoms with Gasteiger partial charge in [-0.15, -0.1) is 0 Å². The molecule has 1 atom stereocenters. The van der Waals surface area contributed by atoms with Gasteiger partial charge in [0.1, 0.15) is 5.82 Å². The van der Waals surface area contributed by atoms with E-state index in [0.717, 1.165) is 6.07 Å². The molecule has 0 fully saturated rings. The molecular formula is C11H12F4O. The predicted octanol–water partition coefficient (Wildman–Crippen LogP) is 3.51. The zero-order valence-corrected chi connectivity index (χ0v) is 8.68. The summed E-state index contributed by atoms with van der Waals surface area (Å²) in [5.41, 5.74) is 0.617. The van der Waals surface area contributed by atoms with Crippen LogP contribution in [0.5, 0.6) is 0 Å². The first-order valence-electron chi connectivity index (χ1n) is 4.80. The van der Waals surface area contributed by atoms with Crippen LogP contribution in [0.2, 0.25) is 0 Å². The van der Waals surface area contributed by atoms with Crippen LogP contribution < -0.4 is 0 Å². The summed E-state index contributed by atoms with van der Waals surface area (Å²) in [6.45, 7) is 1.68. The molecule has 5 heteroatoms. The molecule has 1 aromatic rings. The molecule has 1 aromatic carbocycles. The maximum Gasteiger partial charge on any atom is 0.389 e. The number of aliphatic hydroxyl groups excluding tert-OH is 1. The summed E-state index contributed by atoms with van der Waals surface area (Å²) in [6, 6.07) is 3.99. The van der Waals surface area contributed by atoms with Crippen LogP contribution in [0.4, 0.5) is 17.6 Å². The van der Waals surface area contributed by atoms with Crippen LogP contribution in [0, 0.1) is 12.7 Å². The first-order chi connectivity index (χ1) is 7.29. The fourth-order valence-electron chi connectivity index (χ4n) is 1.37. The zero-order valence-electron chi connectivity index (χ0n) is 8.68. The van der Waals surface area contributed by atoms with E-state index in [2.05, 4.69) is 0 Å². The number of halogens is 4. The van der Waals surface area contributed by atoms with Crippen LogP contribution in [-0.4, -0.2) is 11.3 Å². The molecule has 0 saturated heterocycles. The molecule has 0 aliphatic rings. The van der Waals surface area contributed by atoms with Crippen molar-refractivity contribution in [3.8, 4) is 0 Å². The Hall–Kier alpha value is -1.10. The largest absolute Gasteiger partial charge is 0.389 e. The van der Waals surface area contributed by atoms with Gasteiger partial charge in [-0.25, -0.2) is 4.39 Å². The van der Waals surface area contributed by atoms with Crippen LogP contribution in [-0.2, 0) is 0 Å². The highest BCUT2D eigenvalue weighted by Crippen LogP contribution is 2.28. The molecule has 1 unspecified atom stereocenters. The van der Waals surface area contributed by atoms with Crippen molar-refractivity contribution in [1.82, 2.24) is 0 Å². The third-order valence-corrected chi connectivity index (χ3v) is 2.21. The maximum atomic E-state index is 13.2. The fourth-order valence-corrected chi connectivity index (χ4v) is 1.37. The van der Waals surface area contributed by atoms with Crippen LogP contribution in [0.15, 0.2) is 18.2 Å². The number of alkyl halides is 3. The van der Waals surface area contributed by atoms with Crippen molar-refractivity contribution in [3.63, 3.8) is 0 Å². The van der Waals surface area contributed by atoms with E-state index in [1.807, 2.05) is 0 Å². The molecule has 16 heavy (non-hydrogen) atoms. The predicted molar refractivity (Wildman–Crippen MR) is 51.4 cm³/mol. The highest BCUT2D eigenvalue weighted by molar-refractivity contribution is 5.25. The average molecular weight is 236 g/mol. The zero-order chi connectivity index (χ0) is 12.3. The van der Waals surface area contributed by atoms with Crippen molar-refractivity contribution in [2.24, 2.45) is 0 Å². The number of hydrogen-bond donors (Lipinski definition) is 1. The van der Waals surface area contributed by atoms with Crippen LogP contribution >= 0.6 is 0 Å². The number of benzene rings is 1. The van der Waals surface area contributed by atoms with E-state index >= 15 is 0 Å². The molecule has 0 spiro atoms. The number of rotatable bonds is 3. The Labute approximate surface area is 90.7 Å². The third kappa shape index (κ3) is 3.81. The molecular weight excluding hydrogens is 224 g/mol. The van der Waals surface area contributed by atoms with Gasteiger partial charge in [0.05, 0.1) is 6.10 Å². The fraction of sp³-hybridized carbons (Fsp3) is 0.455. The number of aliphatic hydroxyl groups is 1. The topological polar surface area (TPSA) is 20.2 Å². The van der Waals surface area contributed by atoms with E-state index in [9.17, 15) is 22.7 Å². The van der Waals surface area contributed by atoms with Crippen molar-refractivity contribution in [2.45, 2.75) is 32.0 Å². The summed E-state index contributed by atoms with van der Waals surface area (Å²) in [4.78, 5) is 0. The van der Waals surface area contributed by atoms with Crippen LogP contribution in [0.1, 0.15) is 30.1 Å². The lowest BCUT2D eigenvalue weighted by atomic mass is 10.0. The van der Waals surface area contributed by atoms with Crippen LogP contribution in [0.25, 0.3) is 0 Å². The molecule has 0 radical (unpaired) electrons. The van der Waals surface area contributed by atoms with Crippen molar-refractivity contribution in [2.75, 3.05) is 0 Å². The second-order valence-electron chi connectivity index (χ2n) is 3.69. The molecule has 1 rings (SSSR count). The highest BCUT2D eigenvalue weighted by atomic mass is 19.4. The molecule has 90 valence electrons. The number of hydrogen-bond acceptors (Lipinski definition) is 1. The molecule has 0 aliphatic heterocycles. The Balaban J connectivity index is 2.73. The van der Waals surface area contributed by atoms with Crippen molar-refractivity contribution in [3.05, 3.63) is 35.1 Å². The summed E-state index contributed by atoms with van der Waals surface area (Å²) in [5, 5.41) is 9.45. The second kappa shape index (κ2) is 4.82. The molecule has 0 saturated carbocycles. The average Bonchev–Trinajstić information content (AvgIpc) is 2.17. The Bertz CT molecular complexity index is 359. The Morgan fingerprint density at radius 2 is 1.94 bits per heavy atom. The third-order valence-electron chi connectivity index (χ3n) is 2.21. The van der Waals surface area contributed by atoms with E-state index in [-0.39, 0.29) is 5.56 Å². The van der Waals surface area contributed by atoms with E-state index < -0.39 is 30.9 Å². The maximum absolute atomic E-state index is 13.2. The van der Waals surface area contributed by atoms with Gasteiger partial charge in [0.25, 0.3) is 0 Å². The van der Waals surface area contributed by atoms with E-state index in [4.69, 9.17) is 0 Å². The monoisotopic (exact) mass is 236 g/mol. The summed E-state index contributed by atoms with van der Waals surface area (Å²) < 4.78 is 48.9. The summed E-state index contributed by atoms with van der Waals surface area (Å²) >= 11 is 0. The normalized spacial score (nSPS) is 13.9. The smallest absolute Gasteiger partial charge is 0.388 e.